The van der Waals surface area contributed by atoms with Crippen molar-refractivity contribution in [3.8, 4) is 5.75 Å². The summed E-state index contributed by atoms with van der Waals surface area (Å²) in [6.07, 6.45) is 3.29. The lowest BCUT2D eigenvalue weighted by Gasteiger charge is -2.32. The number of hydrogen-bond donors (Lipinski definition) is 1. The van der Waals surface area contributed by atoms with E-state index in [0.29, 0.717) is 0 Å². The molecule has 1 N–H and O–H groups in total. The Hall–Kier alpha value is -1.26. The molecule has 0 saturated carbocycles. The van der Waals surface area contributed by atoms with Gasteiger partial charge in [0.1, 0.15) is 12.4 Å². The van der Waals surface area contributed by atoms with Crippen LogP contribution in [0.15, 0.2) is 12.1 Å². The summed E-state index contributed by atoms with van der Waals surface area (Å²) in [6.45, 7) is 5.78. The highest BCUT2D eigenvalue weighted by atomic mass is 16.5. The van der Waals surface area contributed by atoms with E-state index < -0.39 is 0 Å². The highest BCUT2D eigenvalue weighted by Gasteiger charge is 2.20. The summed E-state index contributed by atoms with van der Waals surface area (Å²) in [5.41, 5.74) is 4.21. The van der Waals surface area contributed by atoms with Gasteiger partial charge in [-0.2, -0.15) is 0 Å². The maximum absolute atomic E-state index is 5.87. The molecule has 4 heteroatoms. The lowest BCUT2D eigenvalue weighted by molar-refractivity contribution is 0.195. The molecule has 2 aliphatic heterocycles. The van der Waals surface area contributed by atoms with Gasteiger partial charge in [0.05, 0.1) is 12.2 Å². The van der Waals surface area contributed by atoms with Crippen LogP contribution in [-0.4, -0.2) is 46.5 Å². The van der Waals surface area contributed by atoms with Gasteiger partial charge in [0.2, 0.25) is 0 Å². The molecule has 0 radical (unpaired) electrons. The van der Waals surface area contributed by atoms with Crippen LogP contribution < -0.4 is 15.0 Å². The molecule has 0 atom stereocenters. The zero-order valence-electron chi connectivity index (χ0n) is 12.3. The van der Waals surface area contributed by atoms with Gasteiger partial charge in [-0.05, 0) is 55.6 Å². The topological polar surface area (TPSA) is 33.7 Å². The predicted octanol–water partition coefficient (Wildman–Crippen LogP) is 1.61. The van der Waals surface area contributed by atoms with Crippen LogP contribution in [0.1, 0.15) is 17.5 Å². The van der Waals surface area contributed by atoms with Gasteiger partial charge in [-0.15, -0.1) is 0 Å². The zero-order valence-corrected chi connectivity index (χ0v) is 12.3. The summed E-state index contributed by atoms with van der Waals surface area (Å²) in [7, 11) is 1.76. The summed E-state index contributed by atoms with van der Waals surface area (Å²) in [4.78, 5) is 2.44. The van der Waals surface area contributed by atoms with E-state index in [4.69, 9.17) is 9.47 Å². The monoisotopic (exact) mass is 276 g/mol. The second-order valence-corrected chi connectivity index (χ2v) is 5.52. The fourth-order valence-corrected chi connectivity index (χ4v) is 3.07. The van der Waals surface area contributed by atoms with Crippen molar-refractivity contribution in [2.45, 2.75) is 19.3 Å². The molecule has 0 bridgehead atoms. The third-order valence-electron chi connectivity index (χ3n) is 4.16. The summed E-state index contributed by atoms with van der Waals surface area (Å²) in [6, 6.07) is 4.61. The van der Waals surface area contributed by atoms with Crippen LogP contribution in [0.25, 0.3) is 0 Å². The van der Waals surface area contributed by atoms with Gasteiger partial charge < -0.3 is 19.7 Å². The standard InChI is InChI=1S/C16H24N2O2/c1-19-9-2-7-18-8-10-20-16-12-14-4-6-17-5-3-13(14)11-15(16)18/h11-12,17H,2-10H2,1H3. The predicted molar refractivity (Wildman–Crippen MR) is 80.9 cm³/mol. The van der Waals surface area contributed by atoms with E-state index in [1.807, 2.05) is 0 Å². The normalized spacial score (nSPS) is 17.9. The molecule has 0 spiro atoms. The SMILES string of the molecule is COCCCN1CCOc2cc3c(cc21)CCNCC3. The Morgan fingerprint density at radius 2 is 2.05 bits per heavy atom. The number of fused-ring (bicyclic) bond motifs is 2. The van der Waals surface area contributed by atoms with Crippen LogP contribution in [-0.2, 0) is 17.6 Å². The number of benzene rings is 1. The van der Waals surface area contributed by atoms with Crippen LogP contribution in [0, 0.1) is 0 Å². The number of anilines is 1. The summed E-state index contributed by atoms with van der Waals surface area (Å²) in [5.74, 6) is 1.06. The highest BCUT2D eigenvalue weighted by Crippen LogP contribution is 2.35. The molecule has 0 amide bonds. The Morgan fingerprint density at radius 3 is 2.85 bits per heavy atom. The Kier molecular flexibility index (Phi) is 4.43. The number of hydrogen-bond acceptors (Lipinski definition) is 4. The third kappa shape index (κ3) is 2.91. The van der Waals surface area contributed by atoms with Gasteiger partial charge in [-0.1, -0.05) is 0 Å². The number of rotatable bonds is 4. The van der Waals surface area contributed by atoms with Gasteiger partial charge in [-0.3, -0.25) is 0 Å². The van der Waals surface area contributed by atoms with Crippen molar-refractivity contribution in [2.75, 3.05) is 51.4 Å². The second kappa shape index (κ2) is 6.46. The van der Waals surface area contributed by atoms with Crippen molar-refractivity contribution in [2.24, 2.45) is 0 Å². The van der Waals surface area contributed by atoms with Crippen molar-refractivity contribution < 1.29 is 9.47 Å². The van der Waals surface area contributed by atoms with Crippen LogP contribution >= 0.6 is 0 Å². The largest absolute Gasteiger partial charge is 0.490 e. The molecule has 2 aliphatic rings. The molecule has 20 heavy (non-hydrogen) atoms. The van der Waals surface area contributed by atoms with E-state index in [1.165, 1.54) is 16.8 Å². The fraction of sp³-hybridized carbons (Fsp3) is 0.625. The average molecular weight is 276 g/mol. The number of ether oxygens (including phenoxy) is 2. The molecule has 110 valence electrons. The van der Waals surface area contributed by atoms with Gasteiger partial charge in [0.25, 0.3) is 0 Å². The van der Waals surface area contributed by atoms with Crippen molar-refractivity contribution in [1.29, 1.82) is 0 Å². The maximum atomic E-state index is 5.87. The van der Waals surface area contributed by atoms with Gasteiger partial charge in [0.15, 0.2) is 0 Å². The Balaban J connectivity index is 1.83. The maximum Gasteiger partial charge on any atom is 0.142 e. The first-order valence-corrected chi connectivity index (χ1v) is 7.61. The Labute approximate surface area is 121 Å². The van der Waals surface area contributed by atoms with E-state index in [-0.39, 0.29) is 0 Å². The van der Waals surface area contributed by atoms with E-state index in [0.717, 1.165) is 64.4 Å². The Bertz CT molecular complexity index is 462. The molecule has 4 nitrogen and oxygen atoms in total. The quantitative estimate of drug-likeness (QED) is 0.847. The molecule has 2 heterocycles. The highest BCUT2D eigenvalue weighted by molar-refractivity contribution is 5.63. The summed E-state index contributed by atoms with van der Waals surface area (Å²) < 4.78 is 11.0. The molecule has 1 aromatic carbocycles. The van der Waals surface area contributed by atoms with Gasteiger partial charge in [0, 0.05) is 20.3 Å². The second-order valence-electron chi connectivity index (χ2n) is 5.52. The van der Waals surface area contributed by atoms with Crippen molar-refractivity contribution >= 4 is 5.69 Å². The van der Waals surface area contributed by atoms with Crippen LogP contribution in [0.4, 0.5) is 5.69 Å². The molecule has 0 fully saturated rings. The fourth-order valence-electron chi connectivity index (χ4n) is 3.07. The van der Waals surface area contributed by atoms with Crippen molar-refractivity contribution in [1.82, 2.24) is 5.32 Å². The van der Waals surface area contributed by atoms with E-state index in [1.54, 1.807) is 7.11 Å². The van der Waals surface area contributed by atoms with E-state index in [2.05, 4.69) is 22.3 Å². The average Bonchev–Trinajstić information content (AvgIpc) is 2.70. The van der Waals surface area contributed by atoms with Crippen LogP contribution in [0.3, 0.4) is 0 Å². The molecular weight excluding hydrogens is 252 g/mol. The summed E-state index contributed by atoms with van der Waals surface area (Å²) in [5, 5.41) is 3.47. The van der Waals surface area contributed by atoms with Crippen LogP contribution in [0.5, 0.6) is 5.75 Å². The van der Waals surface area contributed by atoms with Crippen molar-refractivity contribution in [3.05, 3.63) is 23.3 Å². The smallest absolute Gasteiger partial charge is 0.142 e. The summed E-state index contributed by atoms with van der Waals surface area (Å²) >= 11 is 0. The van der Waals surface area contributed by atoms with Crippen molar-refractivity contribution in [3.63, 3.8) is 0 Å². The third-order valence-corrected chi connectivity index (χ3v) is 4.16. The Morgan fingerprint density at radius 1 is 1.25 bits per heavy atom. The molecule has 0 aliphatic carbocycles. The minimum absolute atomic E-state index is 0.789. The molecule has 0 saturated heterocycles. The lowest BCUT2D eigenvalue weighted by Crippen LogP contribution is -2.34. The van der Waals surface area contributed by atoms with Gasteiger partial charge in [-0.25, -0.2) is 0 Å². The molecule has 3 rings (SSSR count). The molecule has 1 aromatic rings. The minimum Gasteiger partial charge on any atom is -0.490 e. The first-order valence-electron chi connectivity index (χ1n) is 7.61. The number of nitrogens with zero attached hydrogens (tertiary/aromatic N) is 1. The van der Waals surface area contributed by atoms with E-state index >= 15 is 0 Å². The van der Waals surface area contributed by atoms with Crippen LogP contribution in [0.2, 0.25) is 0 Å². The first kappa shape index (κ1) is 13.7. The number of methoxy groups -OCH3 is 1. The molecule has 0 aromatic heterocycles. The molecular formula is C16H24N2O2. The lowest BCUT2D eigenvalue weighted by atomic mass is 10.0. The van der Waals surface area contributed by atoms with Gasteiger partial charge >= 0.3 is 0 Å². The number of nitrogens with one attached hydrogen (secondary N) is 1. The minimum atomic E-state index is 0.789. The first-order chi connectivity index (χ1) is 9.88. The molecule has 0 unspecified atom stereocenters. The van der Waals surface area contributed by atoms with E-state index in [9.17, 15) is 0 Å². The zero-order chi connectivity index (χ0) is 13.8.